The molecule has 1 saturated heterocycles. The Hall–Kier alpha value is -1.27. The van der Waals surface area contributed by atoms with Gasteiger partial charge in [0.15, 0.2) is 5.78 Å². The van der Waals surface area contributed by atoms with E-state index in [9.17, 15) is 22.8 Å². The van der Waals surface area contributed by atoms with Crippen molar-refractivity contribution in [3.8, 4) is 0 Å². The molecule has 0 aromatic heterocycles. The fourth-order valence-corrected chi connectivity index (χ4v) is 1.50. The minimum atomic E-state index is -4.61. The molecule has 0 saturated carbocycles. The van der Waals surface area contributed by atoms with E-state index >= 15 is 0 Å². The Morgan fingerprint density at radius 2 is 1.88 bits per heavy atom. The quantitative estimate of drug-likeness (QED) is 0.664. The molecule has 1 rings (SSSR count). The van der Waals surface area contributed by atoms with Crippen LogP contribution in [0.1, 0.15) is 27.2 Å². The molecule has 1 aliphatic rings. The van der Waals surface area contributed by atoms with Crippen LogP contribution >= 0.6 is 0 Å². The summed E-state index contributed by atoms with van der Waals surface area (Å²) in [5, 5.41) is 0. The van der Waals surface area contributed by atoms with Gasteiger partial charge in [-0.05, 0) is 20.8 Å². The molecule has 0 radical (unpaired) electrons. The van der Waals surface area contributed by atoms with Gasteiger partial charge in [-0.1, -0.05) is 0 Å². The molecule has 4 nitrogen and oxygen atoms in total. The molecule has 1 atom stereocenters. The zero-order valence-electron chi connectivity index (χ0n) is 9.80. The molecule has 0 bridgehead atoms. The normalized spacial score (nSPS) is 21.9. The number of hydrogen-bond acceptors (Lipinski definition) is 3. The highest BCUT2D eigenvalue weighted by Gasteiger charge is 2.51. The first-order valence-electron chi connectivity index (χ1n) is 5.09. The lowest BCUT2D eigenvalue weighted by atomic mass is 10.2. The van der Waals surface area contributed by atoms with Crippen LogP contribution in [0, 0.1) is 0 Å². The topological polar surface area (TPSA) is 46.6 Å². The van der Waals surface area contributed by atoms with Crippen LogP contribution in [0.2, 0.25) is 0 Å². The second kappa shape index (κ2) is 4.19. The number of Topliss-reactive ketones (excluding diaryl/α,β-unsaturated/α-hetero) is 1. The molecule has 7 heteroatoms. The Kier molecular flexibility index (Phi) is 3.40. The summed E-state index contributed by atoms with van der Waals surface area (Å²) in [6.07, 6.45) is -6.41. The number of carbonyl (C=O) groups excluding carboxylic acids is 2. The lowest BCUT2D eigenvalue weighted by Gasteiger charge is -2.28. The molecule has 0 aromatic rings. The summed E-state index contributed by atoms with van der Waals surface area (Å²) in [6, 6.07) is -2.06. The van der Waals surface area contributed by atoms with Crippen molar-refractivity contribution in [2.75, 3.05) is 6.54 Å². The summed E-state index contributed by atoms with van der Waals surface area (Å²) in [4.78, 5) is 23.0. The molecule has 0 spiro atoms. The van der Waals surface area contributed by atoms with Crippen molar-refractivity contribution in [3.05, 3.63) is 0 Å². The molecular formula is C10H14F3NO3. The van der Waals surface area contributed by atoms with E-state index in [4.69, 9.17) is 4.74 Å². The predicted octanol–water partition coefficient (Wildman–Crippen LogP) is 2.13. The molecule has 1 fully saturated rings. The number of amides is 1. The maximum atomic E-state index is 12.6. The second-order valence-corrected chi connectivity index (χ2v) is 4.91. The summed E-state index contributed by atoms with van der Waals surface area (Å²) in [7, 11) is 0. The molecule has 98 valence electrons. The van der Waals surface area contributed by atoms with Crippen molar-refractivity contribution in [2.45, 2.75) is 45.0 Å². The summed E-state index contributed by atoms with van der Waals surface area (Å²) >= 11 is 0. The van der Waals surface area contributed by atoms with E-state index in [-0.39, 0.29) is 0 Å². The van der Waals surface area contributed by atoms with Crippen LogP contribution in [-0.4, -0.2) is 41.1 Å². The van der Waals surface area contributed by atoms with Crippen LogP contribution in [0.15, 0.2) is 0 Å². The fourth-order valence-electron chi connectivity index (χ4n) is 1.50. The van der Waals surface area contributed by atoms with Crippen LogP contribution in [0.4, 0.5) is 18.0 Å². The van der Waals surface area contributed by atoms with Crippen LogP contribution in [0.25, 0.3) is 0 Å². The van der Waals surface area contributed by atoms with Gasteiger partial charge in [-0.25, -0.2) is 4.79 Å². The smallest absolute Gasteiger partial charge is 0.411 e. The van der Waals surface area contributed by atoms with Crippen molar-refractivity contribution >= 4 is 11.9 Å². The van der Waals surface area contributed by atoms with Gasteiger partial charge in [0.25, 0.3) is 0 Å². The van der Waals surface area contributed by atoms with E-state index in [2.05, 4.69) is 0 Å². The summed E-state index contributed by atoms with van der Waals surface area (Å²) < 4.78 is 42.6. The highest BCUT2D eigenvalue weighted by atomic mass is 19.4. The second-order valence-electron chi connectivity index (χ2n) is 4.91. The number of alkyl halides is 3. The average molecular weight is 253 g/mol. The maximum absolute atomic E-state index is 12.6. The Bertz CT molecular complexity index is 333. The maximum Gasteiger partial charge on any atom is 0.411 e. The number of hydrogen-bond donors (Lipinski definition) is 0. The van der Waals surface area contributed by atoms with Gasteiger partial charge < -0.3 is 4.74 Å². The number of ether oxygens (including phenoxy) is 1. The van der Waals surface area contributed by atoms with Gasteiger partial charge in [0.1, 0.15) is 11.6 Å². The van der Waals surface area contributed by atoms with Gasteiger partial charge in [-0.3, -0.25) is 9.69 Å². The summed E-state index contributed by atoms with van der Waals surface area (Å²) in [5.41, 5.74) is -0.890. The van der Waals surface area contributed by atoms with Gasteiger partial charge in [-0.2, -0.15) is 13.2 Å². The van der Waals surface area contributed by atoms with E-state index < -0.39 is 42.7 Å². The van der Waals surface area contributed by atoms with E-state index in [0.717, 1.165) is 0 Å². The zero-order chi connectivity index (χ0) is 13.4. The molecule has 1 heterocycles. The lowest BCUT2D eigenvalue weighted by molar-refractivity contribution is -0.173. The Labute approximate surface area is 96.7 Å². The van der Waals surface area contributed by atoms with Crippen molar-refractivity contribution in [1.29, 1.82) is 0 Å². The van der Waals surface area contributed by atoms with Crippen molar-refractivity contribution in [2.24, 2.45) is 0 Å². The molecule has 17 heavy (non-hydrogen) atoms. The highest BCUT2D eigenvalue weighted by Crippen LogP contribution is 2.32. The fraction of sp³-hybridized carbons (Fsp3) is 0.800. The Balaban J connectivity index is 2.81. The zero-order valence-corrected chi connectivity index (χ0v) is 9.80. The largest absolute Gasteiger partial charge is 0.444 e. The minimum Gasteiger partial charge on any atom is -0.444 e. The van der Waals surface area contributed by atoms with E-state index in [1.54, 1.807) is 20.8 Å². The highest BCUT2D eigenvalue weighted by molar-refractivity contribution is 5.88. The SMILES string of the molecule is CC(C)(C)OC(=O)N1CC(=O)CC1C(F)(F)F. The first-order chi connectivity index (χ1) is 7.50. The van der Waals surface area contributed by atoms with Gasteiger partial charge in [0.05, 0.1) is 6.54 Å². The van der Waals surface area contributed by atoms with Crippen LogP contribution in [-0.2, 0) is 9.53 Å². The van der Waals surface area contributed by atoms with Crippen molar-refractivity contribution < 1.29 is 27.5 Å². The third-order valence-corrected chi connectivity index (χ3v) is 2.15. The molecular weight excluding hydrogens is 239 g/mol. The number of halogens is 3. The van der Waals surface area contributed by atoms with Crippen molar-refractivity contribution in [1.82, 2.24) is 4.90 Å². The van der Waals surface area contributed by atoms with Crippen LogP contribution < -0.4 is 0 Å². The molecule has 1 amide bonds. The number of likely N-dealkylation sites (tertiary alicyclic amines) is 1. The Morgan fingerprint density at radius 1 is 1.35 bits per heavy atom. The first-order valence-corrected chi connectivity index (χ1v) is 5.09. The number of nitrogens with zero attached hydrogens (tertiary/aromatic N) is 1. The molecule has 1 unspecified atom stereocenters. The van der Waals surface area contributed by atoms with Crippen LogP contribution in [0.5, 0.6) is 0 Å². The monoisotopic (exact) mass is 253 g/mol. The number of ketones is 1. The predicted molar refractivity (Wildman–Crippen MR) is 52.4 cm³/mol. The third-order valence-electron chi connectivity index (χ3n) is 2.15. The number of rotatable bonds is 0. The van der Waals surface area contributed by atoms with E-state index in [0.29, 0.717) is 4.90 Å². The third kappa shape index (κ3) is 3.61. The van der Waals surface area contributed by atoms with Gasteiger partial charge in [-0.15, -0.1) is 0 Å². The summed E-state index contributed by atoms with van der Waals surface area (Å²) in [5.74, 6) is -0.613. The van der Waals surface area contributed by atoms with Gasteiger partial charge in [0, 0.05) is 6.42 Å². The molecule has 1 aliphatic heterocycles. The Morgan fingerprint density at radius 3 is 2.29 bits per heavy atom. The summed E-state index contributed by atoms with van der Waals surface area (Å²) in [6.45, 7) is 4.10. The molecule has 0 aliphatic carbocycles. The van der Waals surface area contributed by atoms with Crippen molar-refractivity contribution in [3.63, 3.8) is 0 Å². The lowest BCUT2D eigenvalue weighted by Crippen LogP contribution is -2.46. The molecule has 0 aromatic carbocycles. The van der Waals surface area contributed by atoms with Gasteiger partial charge in [0.2, 0.25) is 0 Å². The van der Waals surface area contributed by atoms with Crippen LogP contribution in [0.3, 0.4) is 0 Å². The number of carbonyl (C=O) groups is 2. The average Bonchev–Trinajstić information content (AvgIpc) is 2.43. The van der Waals surface area contributed by atoms with E-state index in [1.165, 1.54) is 0 Å². The van der Waals surface area contributed by atoms with Gasteiger partial charge >= 0.3 is 12.3 Å². The minimum absolute atomic E-state index is 0.438. The van der Waals surface area contributed by atoms with E-state index in [1.807, 2.05) is 0 Å². The standard InChI is InChI=1S/C10H14F3NO3/c1-9(2,3)17-8(16)14-5-6(15)4-7(14)10(11,12)13/h7H,4-5H2,1-3H3. The molecule has 0 N–H and O–H groups in total. The first kappa shape index (κ1) is 13.8.